The summed E-state index contributed by atoms with van der Waals surface area (Å²) in [6, 6.07) is 9.42. The van der Waals surface area contributed by atoms with Crippen LogP contribution in [0.2, 0.25) is 0 Å². The number of aromatic nitrogens is 2. The van der Waals surface area contributed by atoms with Crippen LogP contribution in [0.25, 0.3) is 5.69 Å². The van der Waals surface area contributed by atoms with E-state index in [1.807, 2.05) is 30.3 Å². The van der Waals surface area contributed by atoms with Crippen molar-refractivity contribution in [3.05, 3.63) is 47.8 Å². The Balaban J connectivity index is 2.36. The molecule has 0 aliphatic heterocycles. The summed E-state index contributed by atoms with van der Waals surface area (Å²) < 4.78 is 1.62. The molecule has 0 bridgehead atoms. The number of rotatable bonds is 4. The Hall–Kier alpha value is -2.63. The van der Waals surface area contributed by atoms with Crippen molar-refractivity contribution >= 4 is 11.9 Å². The molecule has 0 radical (unpaired) electrons. The van der Waals surface area contributed by atoms with Crippen molar-refractivity contribution in [1.82, 2.24) is 14.7 Å². The lowest BCUT2D eigenvalue weighted by Crippen LogP contribution is -2.50. The van der Waals surface area contributed by atoms with Crippen molar-refractivity contribution in [2.24, 2.45) is 0 Å². The van der Waals surface area contributed by atoms with E-state index in [0.717, 1.165) is 5.69 Å². The van der Waals surface area contributed by atoms with E-state index >= 15 is 0 Å². The number of hydrogen-bond donors (Lipinski definition) is 1. The summed E-state index contributed by atoms with van der Waals surface area (Å²) in [5.74, 6) is -1.43. The van der Waals surface area contributed by atoms with Crippen LogP contribution in [0.1, 0.15) is 29.9 Å². The zero-order chi connectivity index (χ0) is 16.5. The minimum Gasteiger partial charge on any atom is -0.480 e. The fourth-order valence-electron chi connectivity index (χ4n) is 1.96. The van der Waals surface area contributed by atoms with Crippen LogP contribution in [0.5, 0.6) is 0 Å². The third-order valence-corrected chi connectivity index (χ3v) is 3.82. The summed E-state index contributed by atoms with van der Waals surface area (Å²) in [6.07, 6.45) is 1.63. The van der Waals surface area contributed by atoms with E-state index in [2.05, 4.69) is 5.10 Å². The number of aliphatic carboxylic acids is 1. The van der Waals surface area contributed by atoms with E-state index in [9.17, 15) is 14.7 Å². The smallest absolute Gasteiger partial charge is 0.329 e. The number of carboxylic acid groups (broad SMARTS) is 1. The summed E-state index contributed by atoms with van der Waals surface area (Å²) in [6.45, 7) is 4.71. The van der Waals surface area contributed by atoms with Gasteiger partial charge in [-0.1, -0.05) is 18.2 Å². The van der Waals surface area contributed by atoms with Crippen LogP contribution in [-0.4, -0.2) is 44.3 Å². The molecule has 6 nitrogen and oxygen atoms in total. The van der Waals surface area contributed by atoms with Gasteiger partial charge in [-0.25, -0.2) is 9.48 Å². The molecule has 0 unspecified atom stereocenters. The summed E-state index contributed by atoms with van der Waals surface area (Å²) in [5.41, 5.74) is 0.491. The second-order valence-corrected chi connectivity index (χ2v) is 5.64. The van der Waals surface area contributed by atoms with Gasteiger partial charge in [-0.15, -0.1) is 0 Å². The largest absolute Gasteiger partial charge is 0.480 e. The highest BCUT2D eigenvalue weighted by molar-refractivity contribution is 5.98. The lowest BCUT2D eigenvalue weighted by molar-refractivity contribution is -0.147. The first-order valence-electron chi connectivity index (χ1n) is 6.88. The fraction of sp³-hybridized carbons (Fsp3) is 0.312. The highest BCUT2D eigenvalue weighted by atomic mass is 16.4. The highest BCUT2D eigenvalue weighted by Gasteiger charge is 2.36. The fourth-order valence-corrected chi connectivity index (χ4v) is 1.96. The van der Waals surface area contributed by atoms with Gasteiger partial charge >= 0.3 is 5.97 Å². The Bertz CT molecular complexity index is 705. The molecule has 1 aromatic carbocycles. The summed E-state index contributed by atoms with van der Waals surface area (Å²) in [7, 11) is 1.48. The first-order valence-corrected chi connectivity index (χ1v) is 6.88. The molecule has 2 aromatic rings. The third-order valence-electron chi connectivity index (χ3n) is 3.82. The SMILES string of the molecule is Cc1nn(-c2ccccc2)cc1C(=O)N(C)C(C)(C)C(=O)O. The van der Waals surface area contributed by atoms with Gasteiger partial charge in [0.15, 0.2) is 0 Å². The van der Waals surface area contributed by atoms with Gasteiger partial charge in [-0.3, -0.25) is 4.79 Å². The zero-order valence-corrected chi connectivity index (χ0v) is 13.1. The molecule has 1 aromatic heterocycles. The Kier molecular flexibility index (Phi) is 4.03. The molecule has 0 aliphatic rings. The molecule has 0 saturated carbocycles. The van der Waals surface area contributed by atoms with Crippen molar-refractivity contribution in [2.75, 3.05) is 7.05 Å². The van der Waals surface area contributed by atoms with E-state index in [4.69, 9.17) is 0 Å². The van der Waals surface area contributed by atoms with E-state index in [0.29, 0.717) is 11.3 Å². The predicted octanol–water partition coefficient (Wildman–Crippen LogP) is 2.12. The molecule has 0 aliphatic carbocycles. The maximum Gasteiger partial charge on any atom is 0.329 e. The topological polar surface area (TPSA) is 75.4 Å². The molecule has 6 heteroatoms. The third kappa shape index (κ3) is 2.72. The molecule has 1 heterocycles. The van der Waals surface area contributed by atoms with Gasteiger partial charge in [-0.2, -0.15) is 5.10 Å². The van der Waals surface area contributed by atoms with E-state index in [-0.39, 0.29) is 5.91 Å². The quantitative estimate of drug-likeness (QED) is 0.938. The van der Waals surface area contributed by atoms with Crippen LogP contribution in [-0.2, 0) is 4.79 Å². The first kappa shape index (κ1) is 15.8. The minimum atomic E-state index is -1.29. The number of carboxylic acids is 1. The first-order chi connectivity index (χ1) is 10.2. The lowest BCUT2D eigenvalue weighted by Gasteiger charge is -2.31. The molecule has 0 spiro atoms. The molecule has 1 N–H and O–H groups in total. The Morgan fingerprint density at radius 3 is 2.36 bits per heavy atom. The van der Waals surface area contributed by atoms with Crippen molar-refractivity contribution in [1.29, 1.82) is 0 Å². The van der Waals surface area contributed by atoms with Gasteiger partial charge in [0.25, 0.3) is 5.91 Å². The number of para-hydroxylation sites is 1. The molecule has 116 valence electrons. The number of nitrogens with zero attached hydrogens (tertiary/aromatic N) is 3. The van der Waals surface area contributed by atoms with Crippen molar-refractivity contribution < 1.29 is 14.7 Å². The molecular weight excluding hydrogens is 282 g/mol. The second kappa shape index (κ2) is 5.63. The normalized spacial score (nSPS) is 11.3. The Morgan fingerprint density at radius 1 is 1.23 bits per heavy atom. The molecule has 0 saturated heterocycles. The van der Waals surface area contributed by atoms with E-state index in [1.54, 1.807) is 17.8 Å². The number of likely N-dealkylation sites (N-methyl/N-ethyl adjacent to an activating group) is 1. The monoisotopic (exact) mass is 301 g/mol. The average molecular weight is 301 g/mol. The van der Waals surface area contributed by atoms with Crippen LogP contribution in [0.3, 0.4) is 0 Å². The number of carbonyl (C=O) groups is 2. The Morgan fingerprint density at radius 2 is 1.82 bits per heavy atom. The predicted molar refractivity (Wildman–Crippen MR) is 82.1 cm³/mol. The zero-order valence-electron chi connectivity index (χ0n) is 13.1. The van der Waals surface area contributed by atoms with Crippen LogP contribution in [0, 0.1) is 6.92 Å². The van der Waals surface area contributed by atoms with Crippen molar-refractivity contribution in [3.63, 3.8) is 0 Å². The number of amides is 1. The standard InChI is InChI=1S/C16H19N3O3/c1-11-13(14(20)18(4)16(2,3)15(21)22)10-19(17-11)12-8-6-5-7-9-12/h5-10H,1-4H3,(H,21,22). The molecule has 1 amide bonds. The highest BCUT2D eigenvalue weighted by Crippen LogP contribution is 2.19. The van der Waals surface area contributed by atoms with E-state index < -0.39 is 11.5 Å². The van der Waals surface area contributed by atoms with Gasteiger partial charge in [-0.05, 0) is 32.9 Å². The summed E-state index contributed by atoms with van der Waals surface area (Å²) >= 11 is 0. The second-order valence-electron chi connectivity index (χ2n) is 5.64. The maximum absolute atomic E-state index is 12.6. The molecule has 0 atom stereocenters. The van der Waals surface area contributed by atoms with Gasteiger partial charge in [0, 0.05) is 13.2 Å². The summed E-state index contributed by atoms with van der Waals surface area (Å²) in [5, 5.41) is 13.6. The average Bonchev–Trinajstić information content (AvgIpc) is 2.88. The maximum atomic E-state index is 12.6. The van der Waals surface area contributed by atoms with Crippen LogP contribution >= 0.6 is 0 Å². The summed E-state index contributed by atoms with van der Waals surface area (Å²) in [4.78, 5) is 25.1. The molecule has 22 heavy (non-hydrogen) atoms. The van der Waals surface area contributed by atoms with Crippen LogP contribution in [0.15, 0.2) is 36.5 Å². The molecular formula is C16H19N3O3. The lowest BCUT2D eigenvalue weighted by atomic mass is 10.0. The van der Waals surface area contributed by atoms with Gasteiger partial charge < -0.3 is 10.0 Å². The Labute approximate surface area is 129 Å². The van der Waals surface area contributed by atoms with E-state index in [1.165, 1.54) is 25.8 Å². The van der Waals surface area contributed by atoms with Gasteiger partial charge in [0.2, 0.25) is 0 Å². The number of carbonyl (C=O) groups excluding carboxylic acids is 1. The number of aryl methyl sites for hydroxylation is 1. The number of hydrogen-bond acceptors (Lipinski definition) is 3. The molecule has 0 fully saturated rings. The van der Waals surface area contributed by atoms with Crippen molar-refractivity contribution in [2.45, 2.75) is 26.3 Å². The van der Waals surface area contributed by atoms with Gasteiger partial charge in [0.1, 0.15) is 5.54 Å². The molecule has 2 rings (SSSR count). The minimum absolute atomic E-state index is 0.368. The van der Waals surface area contributed by atoms with Gasteiger partial charge in [0.05, 0.1) is 16.9 Å². The number of benzene rings is 1. The van der Waals surface area contributed by atoms with Crippen molar-refractivity contribution in [3.8, 4) is 5.69 Å². The van der Waals surface area contributed by atoms with Crippen LogP contribution in [0.4, 0.5) is 0 Å². The van der Waals surface area contributed by atoms with Crippen LogP contribution < -0.4 is 0 Å².